The van der Waals surface area contributed by atoms with Gasteiger partial charge in [-0.05, 0) is 31.3 Å². The molecule has 21 heavy (non-hydrogen) atoms. The van der Waals surface area contributed by atoms with Gasteiger partial charge in [-0.15, -0.1) is 0 Å². The number of carboxylic acids is 1. The molecule has 0 aliphatic rings. The smallest absolute Gasteiger partial charge is 0.326 e. The zero-order chi connectivity index (χ0) is 16.6. The number of thioether (sulfide) groups is 1. The standard InChI is InChI=1S/C13H25N3O4S/c1-7(2)10(16-11(17)8(3)14)12(18)15-9(13(19)20)5-6-21-4/h7-10H,5-6,14H2,1-4H3,(H,15,18)(H,16,17)(H,19,20)/t8-,9-,10-/m0/s1. The number of hydrogen-bond donors (Lipinski definition) is 4. The maximum Gasteiger partial charge on any atom is 0.326 e. The van der Waals surface area contributed by atoms with E-state index in [1.54, 1.807) is 13.8 Å². The zero-order valence-corrected chi connectivity index (χ0v) is 13.7. The summed E-state index contributed by atoms with van der Waals surface area (Å²) in [5, 5.41) is 14.1. The van der Waals surface area contributed by atoms with Crippen LogP contribution in [0.1, 0.15) is 27.2 Å². The number of aliphatic carboxylic acids is 1. The minimum absolute atomic E-state index is 0.178. The lowest BCUT2D eigenvalue weighted by Crippen LogP contribution is -2.56. The summed E-state index contributed by atoms with van der Waals surface area (Å²) in [6.45, 7) is 5.05. The first kappa shape index (κ1) is 19.7. The van der Waals surface area contributed by atoms with Crippen molar-refractivity contribution in [3.8, 4) is 0 Å². The second-order valence-electron chi connectivity index (χ2n) is 5.20. The van der Waals surface area contributed by atoms with Gasteiger partial charge in [-0.3, -0.25) is 9.59 Å². The highest BCUT2D eigenvalue weighted by molar-refractivity contribution is 7.98. The van der Waals surface area contributed by atoms with Crippen molar-refractivity contribution in [2.45, 2.75) is 45.3 Å². The van der Waals surface area contributed by atoms with Crippen molar-refractivity contribution in [2.75, 3.05) is 12.0 Å². The summed E-state index contributed by atoms with van der Waals surface area (Å²) in [7, 11) is 0. The first-order valence-corrected chi connectivity index (χ1v) is 8.18. The van der Waals surface area contributed by atoms with Crippen LogP contribution >= 0.6 is 11.8 Å². The van der Waals surface area contributed by atoms with E-state index in [9.17, 15) is 14.4 Å². The van der Waals surface area contributed by atoms with E-state index in [0.717, 1.165) is 0 Å². The van der Waals surface area contributed by atoms with Gasteiger partial charge in [-0.1, -0.05) is 13.8 Å². The normalized spacial score (nSPS) is 15.1. The molecule has 0 aromatic rings. The van der Waals surface area contributed by atoms with Crippen LogP contribution in [0.4, 0.5) is 0 Å². The van der Waals surface area contributed by atoms with Crippen molar-refractivity contribution in [1.82, 2.24) is 10.6 Å². The van der Waals surface area contributed by atoms with Gasteiger partial charge in [-0.2, -0.15) is 11.8 Å². The third kappa shape index (κ3) is 7.33. The highest BCUT2D eigenvalue weighted by Gasteiger charge is 2.28. The molecule has 5 N–H and O–H groups in total. The van der Waals surface area contributed by atoms with Gasteiger partial charge in [0.05, 0.1) is 6.04 Å². The van der Waals surface area contributed by atoms with Gasteiger partial charge in [0.2, 0.25) is 11.8 Å². The van der Waals surface area contributed by atoms with Crippen LogP contribution in [0.2, 0.25) is 0 Å². The van der Waals surface area contributed by atoms with Crippen molar-refractivity contribution in [3.05, 3.63) is 0 Å². The molecule has 0 aliphatic heterocycles. The van der Waals surface area contributed by atoms with Crippen molar-refractivity contribution in [3.63, 3.8) is 0 Å². The van der Waals surface area contributed by atoms with E-state index in [2.05, 4.69) is 10.6 Å². The Morgan fingerprint density at radius 3 is 2.10 bits per heavy atom. The van der Waals surface area contributed by atoms with Crippen LogP contribution < -0.4 is 16.4 Å². The van der Waals surface area contributed by atoms with E-state index in [0.29, 0.717) is 12.2 Å². The largest absolute Gasteiger partial charge is 0.480 e. The SMILES string of the molecule is CSCC[C@H](NC(=O)[C@@H](NC(=O)[C@H](C)N)C(C)C)C(=O)O. The number of hydrogen-bond acceptors (Lipinski definition) is 5. The third-order valence-corrected chi connectivity index (χ3v) is 3.53. The average molecular weight is 319 g/mol. The maximum atomic E-state index is 12.2. The van der Waals surface area contributed by atoms with Gasteiger partial charge >= 0.3 is 5.97 Å². The quantitative estimate of drug-likeness (QED) is 0.467. The predicted molar refractivity (Wildman–Crippen MR) is 83.0 cm³/mol. The Kier molecular flexibility index (Phi) is 9.03. The molecular formula is C13H25N3O4S. The first-order chi connectivity index (χ1) is 9.70. The van der Waals surface area contributed by atoms with E-state index in [1.807, 2.05) is 6.26 Å². The molecule has 0 fully saturated rings. The molecule has 0 saturated carbocycles. The molecule has 8 heteroatoms. The van der Waals surface area contributed by atoms with Crippen molar-refractivity contribution < 1.29 is 19.5 Å². The molecule has 0 aliphatic carbocycles. The monoisotopic (exact) mass is 319 g/mol. The van der Waals surface area contributed by atoms with E-state index in [1.165, 1.54) is 18.7 Å². The number of amides is 2. The molecule has 0 radical (unpaired) electrons. The molecule has 0 bridgehead atoms. The van der Waals surface area contributed by atoms with Gasteiger partial charge in [0.25, 0.3) is 0 Å². The van der Waals surface area contributed by atoms with Gasteiger partial charge in [0, 0.05) is 0 Å². The van der Waals surface area contributed by atoms with E-state index in [4.69, 9.17) is 10.8 Å². The number of carbonyl (C=O) groups is 3. The van der Waals surface area contributed by atoms with Crippen LogP contribution in [-0.4, -0.2) is 53.0 Å². The van der Waals surface area contributed by atoms with E-state index >= 15 is 0 Å². The Morgan fingerprint density at radius 2 is 1.71 bits per heavy atom. The summed E-state index contributed by atoms with van der Waals surface area (Å²) in [6, 6.07) is -2.50. The number of carboxylic acid groups (broad SMARTS) is 1. The van der Waals surface area contributed by atoms with E-state index < -0.39 is 35.9 Å². The van der Waals surface area contributed by atoms with E-state index in [-0.39, 0.29) is 5.92 Å². The van der Waals surface area contributed by atoms with Crippen LogP contribution in [0.25, 0.3) is 0 Å². The van der Waals surface area contributed by atoms with Crippen molar-refractivity contribution in [2.24, 2.45) is 11.7 Å². The average Bonchev–Trinajstić information content (AvgIpc) is 2.39. The molecule has 0 unspecified atom stereocenters. The molecule has 3 atom stereocenters. The third-order valence-electron chi connectivity index (χ3n) is 2.89. The zero-order valence-electron chi connectivity index (χ0n) is 12.9. The fourth-order valence-corrected chi connectivity index (χ4v) is 2.05. The molecule has 122 valence electrons. The Morgan fingerprint density at radius 1 is 1.14 bits per heavy atom. The number of carbonyl (C=O) groups excluding carboxylic acids is 2. The molecule has 0 saturated heterocycles. The van der Waals surface area contributed by atoms with Crippen molar-refractivity contribution in [1.29, 1.82) is 0 Å². The Hall–Kier alpha value is -1.28. The number of rotatable bonds is 9. The first-order valence-electron chi connectivity index (χ1n) is 6.78. The molecule has 7 nitrogen and oxygen atoms in total. The van der Waals surface area contributed by atoms with Crippen LogP contribution in [0.3, 0.4) is 0 Å². The minimum atomic E-state index is -1.08. The lowest BCUT2D eigenvalue weighted by molar-refractivity contribution is -0.142. The number of nitrogens with one attached hydrogen (secondary N) is 2. The topological polar surface area (TPSA) is 122 Å². The molecule has 2 amide bonds. The molecular weight excluding hydrogens is 294 g/mol. The molecule has 0 heterocycles. The highest BCUT2D eigenvalue weighted by Crippen LogP contribution is 2.06. The number of nitrogens with two attached hydrogens (primary N) is 1. The minimum Gasteiger partial charge on any atom is -0.480 e. The van der Waals surface area contributed by atoms with Gasteiger partial charge in [0.15, 0.2) is 0 Å². The predicted octanol–water partition coefficient (Wildman–Crippen LogP) is -0.203. The van der Waals surface area contributed by atoms with Crippen LogP contribution in [0.5, 0.6) is 0 Å². The molecule has 0 aromatic carbocycles. The fraction of sp³-hybridized carbons (Fsp3) is 0.769. The Bertz CT molecular complexity index is 374. The van der Waals surface area contributed by atoms with Crippen molar-refractivity contribution >= 4 is 29.5 Å². The van der Waals surface area contributed by atoms with Crippen LogP contribution in [0, 0.1) is 5.92 Å². The summed E-state index contributed by atoms with van der Waals surface area (Å²) in [5.41, 5.74) is 5.46. The summed E-state index contributed by atoms with van der Waals surface area (Å²) in [6.07, 6.45) is 2.19. The van der Waals surface area contributed by atoms with Gasteiger partial charge in [-0.25, -0.2) is 4.79 Å². The second-order valence-corrected chi connectivity index (χ2v) is 6.19. The maximum absolute atomic E-state index is 12.2. The summed E-state index contributed by atoms with van der Waals surface area (Å²) < 4.78 is 0. The molecule has 0 spiro atoms. The van der Waals surface area contributed by atoms with Gasteiger partial charge < -0.3 is 21.5 Å². The molecule has 0 rings (SSSR count). The Labute approximate surface area is 129 Å². The highest BCUT2D eigenvalue weighted by atomic mass is 32.2. The summed E-state index contributed by atoms with van der Waals surface area (Å²) >= 11 is 1.50. The summed E-state index contributed by atoms with van der Waals surface area (Å²) in [5.74, 6) is -1.59. The Balaban J connectivity index is 4.79. The molecule has 0 aromatic heterocycles. The second kappa shape index (κ2) is 9.62. The summed E-state index contributed by atoms with van der Waals surface area (Å²) in [4.78, 5) is 34.9. The lowest BCUT2D eigenvalue weighted by Gasteiger charge is -2.24. The fourth-order valence-electron chi connectivity index (χ4n) is 1.57. The lowest BCUT2D eigenvalue weighted by atomic mass is 10.0. The van der Waals surface area contributed by atoms with Crippen LogP contribution in [0.15, 0.2) is 0 Å². The van der Waals surface area contributed by atoms with Gasteiger partial charge in [0.1, 0.15) is 12.1 Å². The van der Waals surface area contributed by atoms with Crippen LogP contribution in [-0.2, 0) is 14.4 Å².